The zero-order valence-electron chi connectivity index (χ0n) is 8.46. The highest BCUT2D eigenvalue weighted by Gasteiger charge is 2.12. The van der Waals surface area contributed by atoms with Crippen LogP contribution in [0, 0.1) is 12.7 Å². The molecule has 1 heterocycles. The third-order valence-corrected chi connectivity index (χ3v) is 3.44. The average Bonchev–Trinajstić information content (AvgIpc) is 2.68. The minimum atomic E-state index is -0.513. The molecule has 2 rings (SSSR count). The molecule has 0 N–H and O–H groups in total. The van der Waals surface area contributed by atoms with Gasteiger partial charge in [0, 0.05) is 10.4 Å². The summed E-state index contributed by atoms with van der Waals surface area (Å²) in [5.41, 5.74) is 0.410. The van der Waals surface area contributed by atoms with Gasteiger partial charge in [-0.05, 0) is 37.3 Å². The number of hydrogen-bond acceptors (Lipinski definition) is 2. The fraction of sp³-hybridized carbons (Fsp3) is 0.0833. The van der Waals surface area contributed by atoms with E-state index >= 15 is 0 Å². The summed E-state index contributed by atoms with van der Waals surface area (Å²) in [7, 11) is 0. The highest BCUT2D eigenvalue weighted by Crippen LogP contribution is 2.22. The molecule has 1 aromatic carbocycles. The van der Waals surface area contributed by atoms with Crippen LogP contribution < -0.4 is 0 Å². The van der Waals surface area contributed by atoms with Gasteiger partial charge in [0.05, 0.1) is 9.90 Å². The van der Waals surface area contributed by atoms with E-state index in [1.807, 2.05) is 13.0 Å². The number of thiophene rings is 1. The van der Waals surface area contributed by atoms with Crippen molar-refractivity contribution in [2.45, 2.75) is 6.92 Å². The average molecular weight is 255 g/mol. The molecule has 0 unspecified atom stereocenters. The topological polar surface area (TPSA) is 17.1 Å². The van der Waals surface area contributed by atoms with Crippen LogP contribution in [0.4, 0.5) is 4.39 Å². The van der Waals surface area contributed by atoms with Gasteiger partial charge in [-0.25, -0.2) is 4.39 Å². The number of carbonyl (C=O) groups excluding carboxylic acids is 1. The molecule has 0 aliphatic rings. The first-order valence-electron chi connectivity index (χ1n) is 4.64. The Labute approximate surface area is 101 Å². The van der Waals surface area contributed by atoms with Gasteiger partial charge in [0.2, 0.25) is 5.78 Å². The maximum Gasteiger partial charge on any atom is 0.203 e. The monoisotopic (exact) mass is 254 g/mol. The summed E-state index contributed by atoms with van der Waals surface area (Å²) in [5, 5.41) is -0.0286. The normalized spacial score (nSPS) is 10.4. The van der Waals surface area contributed by atoms with Crippen LogP contribution in [-0.4, -0.2) is 5.78 Å². The molecule has 0 atom stereocenters. The van der Waals surface area contributed by atoms with E-state index in [0.29, 0.717) is 10.4 Å². The maximum absolute atomic E-state index is 12.9. The first kappa shape index (κ1) is 11.3. The number of rotatable bonds is 2. The first-order valence-corrected chi connectivity index (χ1v) is 5.83. The van der Waals surface area contributed by atoms with Crippen LogP contribution in [0.3, 0.4) is 0 Å². The second kappa shape index (κ2) is 4.36. The van der Waals surface area contributed by atoms with Gasteiger partial charge in [-0.1, -0.05) is 11.6 Å². The van der Waals surface area contributed by atoms with Crippen LogP contribution in [0.5, 0.6) is 0 Å². The van der Waals surface area contributed by atoms with Crippen molar-refractivity contribution in [2.24, 2.45) is 0 Å². The lowest BCUT2D eigenvalue weighted by Crippen LogP contribution is -1.98. The van der Waals surface area contributed by atoms with Crippen LogP contribution in [0.15, 0.2) is 30.3 Å². The highest BCUT2D eigenvalue weighted by molar-refractivity contribution is 7.14. The number of aryl methyl sites for hydroxylation is 1. The molecular formula is C12H8ClFOS. The Bertz CT molecular complexity index is 548. The second-order valence-electron chi connectivity index (χ2n) is 3.37. The van der Waals surface area contributed by atoms with E-state index < -0.39 is 5.82 Å². The Morgan fingerprint density at radius 1 is 1.31 bits per heavy atom. The minimum absolute atomic E-state index is 0.0286. The molecule has 0 saturated carbocycles. The van der Waals surface area contributed by atoms with E-state index in [1.165, 1.54) is 29.5 Å². The van der Waals surface area contributed by atoms with Gasteiger partial charge in [-0.2, -0.15) is 0 Å². The molecule has 1 aromatic heterocycles. The fourth-order valence-electron chi connectivity index (χ4n) is 1.34. The van der Waals surface area contributed by atoms with Crippen LogP contribution in [0.1, 0.15) is 20.1 Å². The van der Waals surface area contributed by atoms with Crippen molar-refractivity contribution in [3.8, 4) is 0 Å². The summed E-state index contributed by atoms with van der Waals surface area (Å²) < 4.78 is 12.9. The molecule has 0 radical (unpaired) electrons. The number of hydrogen-bond donors (Lipinski definition) is 0. The summed E-state index contributed by atoms with van der Waals surface area (Å²) in [5.74, 6) is -0.638. The lowest BCUT2D eigenvalue weighted by Gasteiger charge is -1.99. The van der Waals surface area contributed by atoms with Crippen molar-refractivity contribution in [2.75, 3.05) is 0 Å². The summed E-state index contributed by atoms with van der Waals surface area (Å²) in [6, 6.07) is 7.64. The Kier molecular flexibility index (Phi) is 3.08. The largest absolute Gasteiger partial charge is 0.288 e. The van der Waals surface area contributed by atoms with E-state index in [0.717, 1.165) is 4.88 Å². The van der Waals surface area contributed by atoms with E-state index in [2.05, 4.69) is 0 Å². The molecule has 4 heteroatoms. The minimum Gasteiger partial charge on any atom is -0.288 e. The zero-order chi connectivity index (χ0) is 11.7. The quantitative estimate of drug-likeness (QED) is 0.738. The van der Waals surface area contributed by atoms with E-state index in [4.69, 9.17) is 11.6 Å². The molecule has 82 valence electrons. The van der Waals surface area contributed by atoms with E-state index in [1.54, 1.807) is 6.07 Å². The zero-order valence-corrected chi connectivity index (χ0v) is 10.0. The van der Waals surface area contributed by atoms with E-state index in [9.17, 15) is 9.18 Å². The van der Waals surface area contributed by atoms with Gasteiger partial charge < -0.3 is 0 Å². The molecule has 0 aliphatic heterocycles. The maximum atomic E-state index is 12.9. The third-order valence-electron chi connectivity index (χ3n) is 2.15. The molecule has 0 amide bonds. The van der Waals surface area contributed by atoms with Crippen LogP contribution >= 0.6 is 22.9 Å². The standard InChI is InChI=1S/C12H8ClFOS/c1-7-2-5-11(16-7)12(15)8-3-4-10(14)9(13)6-8/h2-6H,1H3. The van der Waals surface area contributed by atoms with Crippen LogP contribution in [-0.2, 0) is 0 Å². The number of carbonyl (C=O) groups is 1. The molecule has 16 heavy (non-hydrogen) atoms. The van der Waals surface area contributed by atoms with Gasteiger partial charge in [-0.15, -0.1) is 11.3 Å². The lowest BCUT2D eigenvalue weighted by molar-refractivity contribution is 0.104. The number of halogens is 2. The van der Waals surface area contributed by atoms with Crippen molar-refractivity contribution >= 4 is 28.7 Å². The molecule has 0 aliphatic carbocycles. The second-order valence-corrected chi connectivity index (χ2v) is 5.06. The van der Waals surface area contributed by atoms with Crippen LogP contribution in [0.25, 0.3) is 0 Å². The number of ketones is 1. The Balaban J connectivity index is 2.38. The summed E-state index contributed by atoms with van der Waals surface area (Å²) in [6.45, 7) is 1.93. The molecule has 0 saturated heterocycles. The summed E-state index contributed by atoms with van der Waals surface area (Å²) >= 11 is 7.04. The van der Waals surface area contributed by atoms with Gasteiger partial charge in [0.1, 0.15) is 5.82 Å². The first-order chi connectivity index (χ1) is 7.58. The number of benzene rings is 1. The Hall–Kier alpha value is -1.19. The Morgan fingerprint density at radius 3 is 2.62 bits per heavy atom. The van der Waals surface area contributed by atoms with Crippen molar-refractivity contribution in [1.29, 1.82) is 0 Å². The SMILES string of the molecule is Cc1ccc(C(=O)c2ccc(F)c(Cl)c2)s1. The van der Waals surface area contributed by atoms with Crippen molar-refractivity contribution in [3.05, 3.63) is 56.5 Å². The predicted molar refractivity (Wildman–Crippen MR) is 63.9 cm³/mol. The molecule has 0 spiro atoms. The molecular weight excluding hydrogens is 247 g/mol. The molecule has 0 fully saturated rings. The molecule has 1 nitrogen and oxygen atoms in total. The lowest BCUT2D eigenvalue weighted by atomic mass is 10.1. The molecule has 2 aromatic rings. The fourth-order valence-corrected chi connectivity index (χ4v) is 2.35. The molecule has 0 bridgehead atoms. The van der Waals surface area contributed by atoms with Crippen LogP contribution in [0.2, 0.25) is 5.02 Å². The van der Waals surface area contributed by atoms with Crippen molar-refractivity contribution < 1.29 is 9.18 Å². The highest BCUT2D eigenvalue weighted by atomic mass is 35.5. The van der Waals surface area contributed by atoms with Crippen molar-refractivity contribution in [1.82, 2.24) is 0 Å². The van der Waals surface area contributed by atoms with E-state index in [-0.39, 0.29) is 10.8 Å². The summed E-state index contributed by atoms with van der Waals surface area (Å²) in [4.78, 5) is 13.7. The Morgan fingerprint density at radius 2 is 2.06 bits per heavy atom. The van der Waals surface area contributed by atoms with Gasteiger partial charge in [-0.3, -0.25) is 4.79 Å². The van der Waals surface area contributed by atoms with Gasteiger partial charge >= 0.3 is 0 Å². The summed E-state index contributed by atoms with van der Waals surface area (Å²) in [6.07, 6.45) is 0. The predicted octanol–water partition coefficient (Wildman–Crippen LogP) is 4.08. The van der Waals surface area contributed by atoms with Crippen molar-refractivity contribution in [3.63, 3.8) is 0 Å². The third kappa shape index (κ3) is 2.15. The van der Waals surface area contributed by atoms with Gasteiger partial charge in [0.15, 0.2) is 0 Å². The smallest absolute Gasteiger partial charge is 0.203 e. The van der Waals surface area contributed by atoms with Gasteiger partial charge in [0.25, 0.3) is 0 Å².